The fraction of sp³-hybridized carbons (Fsp3) is 0.286. The van der Waals surface area contributed by atoms with Crippen LogP contribution in [0.4, 0.5) is 4.39 Å². The molecule has 3 rings (SSSR count). The molecule has 0 aromatic heterocycles. The van der Waals surface area contributed by atoms with Crippen molar-refractivity contribution in [2.24, 2.45) is 5.10 Å². The van der Waals surface area contributed by atoms with Crippen LogP contribution >= 0.6 is 0 Å². The van der Waals surface area contributed by atoms with E-state index in [1.54, 1.807) is 36.4 Å². The number of nitrogens with zero attached hydrogens (tertiary/aromatic N) is 2. The number of carboxylic acid groups (broad SMARTS) is 1. The molecule has 0 saturated carbocycles. The molecule has 29 heavy (non-hydrogen) atoms. The van der Waals surface area contributed by atoms with Crippen LogP contribution in [-0.4, -0.2) is 41.9 Å². The van der Waals surface area contributed by atoms with E-state index in [1.165, 1.54) is 25.3 Å². The lowest BCUT2D eigenvalue weighted by atomic mass is 9.97. The van der Waals surface area contributed by atoms with Crippen molar-refractivity contribution in [3.63, 3.8) is 0 Å². The molecule has 0 spiro atoms. The summed E-state index contributed by atoms with van der Waals surface area (Å²) in [5.41, 5.74) is 1.61. The number of hydrogen-bond donors (Lipinski definition) is 1. The fourth-order valence-electron chi connectivity index (χ4n) is 3.25. The van der Waals surface area contributed by atoms with Gasteiger partial charge in [-0.15, -0.1) is 0 Å². The largest absolute Gasteiger partial charge is 0.493 e. The SMILES string of the molecule is COc1ccc(C2=NN(C(=O)CCC(=O)O)[C@@H](c3ccccc3F)C2)cc1OC. The first-order chi connectivity index (χ1) is 13.9. The number of rotatable bonds is 7. The van der Waals surface area contributed by atoms with Crippen LogP contribution in [0.25, 0.3) is 0 Å². The van der Waals surface area contributed by atoms with Gasteiger partial charge in [-0.25, -0.2) is 9.40 Å². The third kappa shape index (κ3) is 4.37. The van der Waals surface area contributed by atoms with Crippen LogP contribution in [0.3, 0.4) is 0 Å². The van der Waals surface area contributed by atoms with Crippen molar-refractivity contribution in [3.05, 3.63) is 59.4 Å². The number of amides is 1. The van der Waals surface area contributed by atoms with Crippen LogP contribution < -0.4 is 9.47 Å². The van der Waals surface area contributed by atoms with Crippen LogP contribution in [0, 0.1) is 5.82 Å². The molecule has 2 aromatic carbocycles. The molecular weight excluding hydrogens is 379 g/mol. The Morgan fingerprint density at radius 2 is 1.86 bits per heavy atom. The van der Waals surface area contributed by atoms with E-state index >= 15 is 0 Å². The van der Waals surface area contributed by atoms with Gasteiger partial charge in [-0.2, -0.15) is 5.10 Å². The summed E-state index contributed by atoms with van der Waals surface area (Å²) in [7, 11) is 3.05. The number of halogens is 1. The van der Waals surface area contributed by atoms with Crippen molar-refractivity contribution in [1.82, 2.24) is 5.01 Å². The van der Waals surface area contributed by atoms with Crippen molar-refractivity contribution in [2.75, 3.05) is 14.2 Å². The first kappa shape index (κ1) is 20.3. The quantitative estimate of drug-likeness (QED) is 0.770. The minimum Gasteiger partial charge on any atom is -0.493 e. The molecule has 1 amide bonds. The van der Waals surface area contributed by atoms with Crippen molar-refractivity contribution in [1.29, 1.82) is 0 Å². The Labute approximate surface area is 167 Å². The predicted molar refractivity (Wildman–Crippen MR) is 104 cm³/mol. The number of carbonyl (C=O) groups is 2. The van der Waals surface area contributed by atoms with Crippen LogP contribution in [0.2, 0.25) is 0 Å². The third-order valence-electron chi connectivity index (χ3n) is 4.70. The average Bonchev–Trinajstić information content (AvgIpc) is 3.17. The van der Waals surface area contributed by atoms with Gasteiger partial charge in [-0.05, 0) is 24.3 Å². The Kier molecular flexibility index (Phi) is 6.11. The van der Waals surface area contributed by atoms with E-state index in [0.29, 0.717) is 28.3 Å². The predicted octanol–water partition coefficient (Wildman–Crippen LogP) is 3.39. The number of ether oxygens (including phenoxy) is 2. The normalized spacial score (nSPS) is 15.8. The number of aliphatic carboxylic acids is 1. The van der Waals surface area contributed by atoms with Gasteiger partial charge >= 0.3 is 5.97 Å². The topological polar surface area (TPSA) is 88.4 Å². The molecule has 0 unspecified atom stereocenters. The maximum absolute atomic E-state index is 14.4. The third-order valence-corrected chi connectivity index (χ3v) is 4.70. The van der Waals surface area contributed by atoms with Crippen LogP contribution in [0.15, 0.2) is 47.6 Å². The molecule has 1 N–H and O–H groups in total. The minimum absolute atomic E-state index is 0.219. The molecule has 0 aliphatic carbocycles. The molecule has 152 valence electrons. The highest BCUT2D eigenvalue weighted by molar-refractivity contribution is 6.03. The first-order valence-electron chi connectivity index (χ1n) is 9.02. The van der Waals surface area contributed by atoms with Gasteiger partial charge in [0.15, 0.2) is 11.5 Å². The van der Waals surface area contributed by atoms with Gasteiger partial charge in [-0.1, -0.05) is 18.2 Å². The Morgan fingerprint density at radius 3 is 2.52 bits per heavy atom. The molecule has 1 aliphatic rings. The maximum Gasteiger partial charge on any atom is 0.303 e. The van der Waals surface area contributed by atoms with Crippen molar-refractivity contribution in [2.45, 2.75) is 25.3 Å². The summed E-state index contributed by atoms with van der Waals surface area (Å²) in [6.45, 7) is 0. The highest BCUT2D eigenvalue weighted by Crippen LogP contribution is 2.36. The van der Waals surface area contributed by atoms with E-state index in [2.05, 4.69) is 5.10 Å². The second kappa shape index (κ2) is 8.72. The van der Waals surface area contributed by atoms with E-state index < -0.39 is 23.7 Å². The first-order valence-corrected chi connectivity index (χ1v) is 9.02. The van der Waals surface area contributed by atoms with E-state index in [-0.39, 0.29) is 19.3 Å². The summed E-state index contributed by atoms with van der Waals surface area (Å²) >= 11 is 0. The molecule has 2 aromatic rings. The zero-order valence-corrected chi connectivity index (χ0v) is 16.1. The second-order valence-electron chi connectivity index (χ2n) is 6.49. The van der Waals surface area contributed by atoms with Crippen molar-refractivity contribution >= 4 is 17.6 Å². The van der Waals surface area contributed by atoms with E-state index in [4.69, 9.17) is 14.6 Å². The summed E-state index contributed by atoms with van der Waals surface area (Å²) in [4.78, 5) is 23.5. The molecule has 0 radical (unpaired) electrons. The Bertz CT molecular complexity index is 960. The van der Waals surface area contributed by atoms with Gasteiger partial charge in [0.25, 0.3) is 0 Å². The Hall–Kier alpha value is -3.42. The summed E-state index contributed by atoms with van der Waals surface area (Å²) < 4.78 is 25.0. The number of hydrogen-bond acceptors (Lipinski definition) is 5. The minimum atomic E-state index is -1.08. The number of benzene rings is 2. The molecule has 1 aliphatic heterocycles. The molecule has 0 saturated heterocycles. The monoisotopic (exact) mass is 400 g/mol. The van der Waals surface area contributed by atoms with Crippen molar-refractivity contribution in [3.8, 4) is 11.5 Å². The molecule has 1 heterocycles. The van der Waals surface area contributed by atoms with Crippen LogP contribution in [0.1, 0.15) is 36.4 Å². The molecule has 8 heteroatoms. The van der Waals surface area contributed by atoms with Crippen LogP contribution in [0.5, 0.6) is 11.5 Å². The molecule has 7 nitrogen and oxygen atoms in total. The number of hydrazone groups is 1. The lowest BCUT2D eigenvalue weighted by Crippen LogP contribution is -2.28. The highest BCUT2D eigenvalue weighted by Gasteiger charge is 2.34. The van der Waals surface area contributed by atoms with Gasteiger partial charge in [0.05, 0.1) is 32.4 Å². The summed E-state index contributed by atoms with van der Waals surface area (Å²) in [6.07, 6.45) is -0.251. The lowest BCUT2D eigenvalue weighted by Gasteiger charge is -2.22. The number of carbonyl (C=O) groups excluding carboxylic acids is 1. The maximum atomic E-state index is 14.4. The average molecular weight is 400 g/mol. The highest BCUT2D eigenvalue weighted by atomic mass is 19.1. The van der Waals surface area contributed by atoms with Gasteiger partial charge in [0.1, 0.15) is 5.82 Å². The Morgan fingerprint density at radius 1 is 1.14 bits per heavy atom. The van der Waals surface area contributed by atoms with Gasteiger partial charge in [0.2, 0.25) is 5.91 Å². The van der Waals surface area contributed by atoms with Crippen LogP contribution in [-0.2, 0) is 9.59 Å². The van der Waals surface area contributed by atoms with E-state index in [0.717, 1.165) is 0 Å². The fourth-order valence-corrected chi connectivity index (χ4v) is 3.25. The number of methoxy groups -OCH3 is 2. The van der Waals surface area contributed by atoms with Gasteiger partial charge < -0.3 is 14.6 Å². The lowest BCUT2D eigenvalue weighted by molar-refractivity contribution is -0.141. The zero-order valence-electron chi connectivity index (χ0n) is 16.1. The number of carboxylic acids is 1. The molecular formula is C21H21FN2O5. The summed E-state index contributed by atoms with van der Waals surface area (Å²) in [5, 5.41) is 14.5. The molecule has 0 bridgehead atoms. The zero-order chi connectivity index (χ0) is 21.0. The Balaban J connectivity index is 1.96. The summed E-state index contributed by atoms with van der Waals surface area (Å²) in [6, 6.07) is 10.8. The van der Waals surface area contributed by atoms with Gasteiger partial charge in [0, 0.05) is 24.0 Å². The van der Waals surface area contributed by atoms with E-state index in [1.807, 2.05) is 0 Å². The standard InChI is InChI=1S/C21H21FN2O5/c1-28-18-8-7-13(11-19(18)29-2)16-12-17(14-5-3-4-6-15(14)22)24(23-16)20(25)9-10-21(26)27/h3-8,11,17H,9-10,12H2,1-2H3,(H,26,27)/t17-/m1/s1. The second-order valence-corrected chi connectivity index (χ2v) is 6.49. The molecule has 0 fully saturated rings. The smallest absolute Gasteiger partial charge is 0.303 e. The summed E-state index contributed by atoms with van der Waals surface area (Å²) in [5.74, 6) is -0.946. The van der Waals surface area contributed by atoms with E-state index in [9.17, 15) is 14.0 Å². The van der Waals surface area contributed by atoms with Gasteiger partial charge in [-0.3, -0.25) is 9.59 Å². The molecule has 1 atom stereocenters. The van der Waals surface area contributed by atoms with Crippen molar-refractivity contribution < 1.29 is 28.6 Å².